The standard InChI is InChI=1S/C32H50N4/c1-24(2)27-7-8-28(23-36-19-15-30(16-20-36)34(4)5)29(22-27)21-25(3)26-9-11-31(12-10-26)35(6)32-13-17-33-18-14-32/h7-12,22,24-25,30,32-33H,13-21,23H2,1-6H3. The van der Waals surface area contributed by atoms with Crippen LogP contribution in [-0.2, 0) is 13.0 Å². The molecule has 0 radical (unpaired) electrons. The summed E-state index contributed by atoms with van der Waals surface area (Å²) < 4.78 is 0. The largest absolute Gasteiger partial charge is 0.372 e. The van der Waals surface area contributed by atoms with Gasteiger partial charge in [0.15, 0.2) is 0 Å². The van der Waals surface area contributed by atoms with E-state index in [1.54, 1.807) is 5.56 Å². The van der Waals surface area contributed by atoms with Gasteiger partial charge in [-0.15, -0.1) is 0 Å². The van der Waals surface area contributed by atoms with E-state index in [1.807, 2.05) is 0 Å². The van der Waals surface area contributed by atoms with E-state index in [4.69, 9.17) is 0 Å². The lowest BCUT2D eigenvalue weighted by Gasteiger charge is -2.35. The monoisotopic (exact) mass is 490 g/mol. The molecule has 0 spiro atoms. The van der Waals surface area contributed by atoms with Gasteiger partial charge in [-0.25, -0.2) is 0 Å². The van der Waals surface area contributed by atoms with Crippen LogP contribution in [0.15, 0.2) is 42.5 Å². The highest BCUT2D eigenvalue weighted by Gasteiger charge is 2.22. The summed E-state index contributed by atoms with van der Waals surface area (Å²) >= 11 is 0. The molecular formula is C32H50N4. The number of hydrogen-bond donors (Lipinski definition) is 1. The molecule has 4 heteroatoms. The van der Waals surface area contributed by atoms with E-state index in [2.05, 4.69) is 104 Å². The second-order valence-corrected chi connectivity index (χ2v) is 11.9. The van der Waals surface area contributed by atoms with Gasteiger partial charge in [0.25, 0.3) is 0 Å². The van der Waals surface area contributed by atoms with Crippen molar-refractivity contribution in [3.05, 3.63) is 64.7 Å². The van der Waals surface area contributed by atoms with Crippen molar-refractivity contribution >= 4 is 5.69 Å². The number of anilines is 1. The average molecular weight is 491 g/mol. The van der Waals surface area contributed by atoms with Gasteiger partial charge in [0, 0.05) is 31.4 Å². The quantitative estimate of drug-likeness (QED) is 0.474. The Balaban J connectivity index is 1.44. The SMILES string of the molecule is CC(C)c1ccc(CN2CCC(N(C)C)CC2)c(CC(C)c2ccc(N(C)C3CCNCC3)cc2)c1. The summed E-state index contributed by atoms with van der Waals surface area (Å²) in [6, 6.07) is 18.1. The molecule has 1 unspecified atom stereocenters. The van der Waals surface area contributed by atoms with Crippen LogP contribution in [0.25, 0.3) is 0 Å². The van der Waals surface area contributed by atoms with Crippen molar-refractivity contribution in [2.75, 3.05) is 52.2 Å². The predicted octanol–water partition coefficient (Wildman–Crippen LogP) is 5.87. The van der Waals surface area contributed by atoms with Crippen LogP contribution >= 0.6 is 0 Å². The Bertz CT molecular complexity index is 937. The lowest BCUT2D eigenvalue weighted by molar-refractivity contribution is 0.139. The maximum atomic E-state index is 3.48. The smallest absolute Gasteiger partial charge is 0.0366 e. The van der Waals surface area contributed by atoms with Crippen molar-refractivity contribution in [2.45, 2.75) is 83.3 Å². The molecule has 2 aliphatic rings. The summed E-state index contributed by atoms with van der Waals surface area (Å²) in [5.74, 6) is 1.07. The first-order valence-corrected chi connectivity index (χ1v) is 14.4. The van der Waals surface area contributed by atoms with Crippen LogP contribution in [-0.4, -0.2) is 69.2 Å². The minimum atomic E-state index is 0.504. The first-order valence-electron chi connectivity index (χ1n) is 14.4. The molecule has 1 N–H and O–H groups in total. The van der Waals surface area contributed by atoms with E-state index >= 15 is 0 Å². The normalized spacial score (nSPS) is 19.2. The van der Waals surface area contributed by atoms with Crippen LogP contribution in [0, 0.1) is 0 Å². The number of hydrogen-bond acceptors (Lipinski definition) is 4. The highest BCUT2D eigenvalue weighted by atomic mass is 15.2. The predicted molar refractivity (Wildman–Crippen MR) is 155 cm³/mol. The molecule has 2 aromatic carbocycles. The first-order chi connectivity index (χ1) is 17.3. The Morgan fingerprint density at radius 2 is 1.44 bits per heavy atom. The van der Waals surface area contributed by atoms with E-state index < -0.39 is 0 Å². The Kier molecular flexibility index (Phi) is 9.49. The highest BCUT2D eigenvalue weighted by molar-refractivity contribution is 5.48. The zero-order valence-corrected chi connectivity index (χ0v) is 23.8. The molecule has 4 rings (SSSR count). The number of benzene rings is 2. The lowest BCUT2D eigenvalue weighted by atomic mass is 9.88. The summed E-state index contributed by atoms with van der Waals surface area (Å²) in [7, 11) is 6.71. The van der Waals surface area contributed by atoms with Crippen LogP contribution in [0.1, 0.15) is 80.5 Å². The number of piperidine rings is 2. The summed E-state index contributed by atoms with van der Waals surface area (Å²) in [6.07, 6.45) is 6.13. The van der Waals surface area contributed by atoms with Gasteiger partial charge in [0.05, 0.1) is 0 Å². The lowest BCUT2D eigenvalue weighted by Crippen LogP contribution is -2.41. The molecule has 2 aliphatic heterocycles. The summed E-state index contributed by atoms with van der Waals surface area (Å²) in [5, 5.41) is 3.48. The van der Waals surface area contributed by atoms with E-state index in [9.17, 15) is 0 Å². The number of likely N-dealkylation sites (tertiary alicyclic amines) is 1. The average Bonchev–Trinajstić information content (AvgIpc) is 2.90. The molecule has 0 saturated carbocycles. The van der Waals surface area contributed by atoms with Crippen LogP contribution in [0.4, 0.5) is 5.69 Å². The molecule has 2 fully saturated rings. The van der Waals surface area contributed by atoms with Crippen molar-refractivity contribution in [2.24, 2.45) is 0 Å². The van der Waals surface area contributed by atoms with Crippen LogP contribution in [0.2, 0.25) is 0 Å². The highest BCUT2D eigenvalue weighted by Crippen LogP contribution is 2.29. The maximum Gasteiger partial charge on any atom is 0.0366 e. The zero-order chi connectivity index (χ0) is 25.7. The maximum absolute atomic E-state index is 3.48. The van der Waals surface area contributed by atoms with Crippen molar-refractivity contribution in [1.82, 2.24) is 15.1 Å². The van der Waals surface area contributed by atoms with E-state index in [0.717, 1.165) is 32.1 Å². The fraction of sp³-hybridized carbons (Fsp3) is 0.625. The minimum Gasteiger partial charge on any atom is -0.372 e. The zero-order valence-electron chi connectivity index (χ0n) is 23.8. The number of rotatable bonds is 9. The van der Waals surface area contributed by atoms with Gasteiger partial charge in [0.2, 0.25) is 0 Å². The third-order valence-electron chi connectivity index (χ3n) is 8.83. The van der Waals surface area contributed by atoms with Gasteiger partial charge in [-0.05, 0) is 119 Å². The molecule has 0 amide bonds. The van der Waals surface area contributed by atoms with Gasteiger partial charge in [-0.3, -0.25) is 4.90 Å². The van der Waals surface area contributed by atoms with Crippen molar-refractivity contribution in [3.63, 3.8) is 0 Å². The van der Waals surface area contributed by atoms with Gasteiger partial charge in [-0.2, -0.15) is 0 Å². The Labute approximate surface area is 221 Å². The molecule has 0 aromatic heterocycles. The Morgan fingerprint density at radius 3 is 2.06 bits per heavy atom. The molecule has 0 aliphatic carbocycles. The second-order valence-electron chi connectivity index (χ2n) is 11.9. The van der Waals surface area contributed by atoms with Crippen molar-refractivity contribution in [3.8, 4) is 0 Å². The molecule has 36 heavy (non-hydrogen) atoms. The molecule has 0 bridgehead atoms. The molecule has 2 aromatic rings. The van der Waals surface area contributed by atoms with Crippen LogP contribution < -0.4 is 10.2 Å². The van der Waals surface area contributed by atoms with Gasteiger partial charge >= 0.3 is 0 Å². The fourth-order valence-corrected chi connectivity index (χ4v) is 6.07. The van der Waals surface area contributed by atoms with Crippen LogP contribution in [0.5, 0.6) is 0 Å². The van der Waals surface area contributed by atoms with Gasteiger partial charge < -0.3 is 15.1 Å². The molecule has 4 nitrogen and oxygen atoms in total. The summed E-state index contributed by atoms with van der Waals surface area (Å²) in [4.78, 5) is 7.56. The van der Waals surface area contributed by atoms with Crippen molar-refractivity contribution < 1.29 is 0 Å². The van der Waals surface area contributed by atoms with Gasteiger partial charge in [0.1, 0.15) is 0 Å². The molecule has 2 saturated heterocycles. The van der Waals surface area contributed by atoms with Crippen LogP contribution in [0.3, 0.4) is 0 Å². The Hall–Kier alpha value is -1.88. The number of nitrogens with one attached hydrogen (secondary N) is 1. The van der Waals surface area contributed by atoms with E-state index in [0.29, 0.717) is 17.9 Å². The second kappa shape index (κ2) is 12.6. The topological polar surface area (TPSA) is 21.8 Å². The number of nitrogens with zero attached hydrogens (tertiary/aromatic N) is 3. The fourth-order valence-electron chi connectivity index (χ4n) is 6.07. The summed E-state index contributed by atoms with van der Waals surface area (Å²) in [6.45, 7) is 12.8. The molecule has 198 valence electrons. The van der Waals surface area contributed by atoms with E-state index in [1.165, 1.54) is 61.2 Å². The molecule has 1 atom stereocenters. The minimum absolute atomic E-state index is 0.504. The molecular weight excluding hydrogens is 440 g/mol. The Morgan fingerprint density at radius 1 is 0.806 bits per heavy atom. The van der Waals surface area contributed by atoms with E-state index in [-0.39, 0.29) is 0 Å². The summed E-state index contributed by atoms with van der Waals surface area (Å²) in [5.41, 5.74) is 7.33. The third-order valence-corrected chi connectivity index (χ3v) is 8.83. The van der Waals surface area contributed by atoms with Gasteiger partial charge in [-0.1, -0.05) is 51.1 Å². The first kappa shape index (κ1) is 27.2. The molecule has 2 heterocycles. The third kappa shape index (κ3) is 6.90. The van der Waals surface area contributed by atoms with Crippen molar-refractivity contribution in [1.29, 1.82) is 0 Å².